The zero-order valence-electron chi connectivity index (χ0n) is 11.2. The summed E-state index contributed by atoms with van der Waals surface area (Å²) in [5.41, 5.74) is 0. The minimum Gasteiger partial charge on any atom is -0.475 e. The van der Waals surface area contributed by atoms with E-state index >= 15 is 0 Å². The van der Waals surface area contributed by atoms with Crippen molar-refractivity contribution in [1.82, 2.24) is 14.9 Å². The van der Waals surface area contributed by atoms with E-state index in [0.29, 0.717) is 34.2 Å². The van der Waals surface area contributed by atoms with Gasteiger partial charge in [0, 0.05) is 18.6 Å². The minimum atomic E-state index is 0.365. The monoisotopic (exact) mass is 335 g/mol. The van der Waals surface area contributed by atoms with Gasteiger partial charge in [-0.25, -0.2) is 9.97 Å². The summed E-state index contributed by atoms with van der Waals surface area (Å²) in [4.78, 5) is 10.3. The number of ether oxygens (including phenoxy) is 1. The van der Waals surface area contributed by atoms with Crippen LogP contribution in [0.25, 0.3) is 0 Å². The van der Waals surface area contributed by atoms with E-state index in [-0.39, 0.29) is 0 Å². The first-order valence-electron chi connectivity index (χ1n) is 5.98. The number of aromatic nitrogens is 2. The van der Waals surface area contributed by atoms with Crippen LogP contribution in [-0.4, -0.2) is 40.1 Å². The standard InChI is InChI=1S/C12H19BrClN3O/c1-8(2)17(9(3)4)5-6-18-12-10(13)11(14)15-7-16-12/h7-9H,5-6H2,1-4H3. The average Bonchev–Trinajstić information content (AvgIpc) is 2.28. The second-order valence-corrected chi connectivity index (χ2v) is 5.71. The van der Waals surface area contributed by atoms with Gasteiger partial charge in [0.2, 0.25) is 5.88 Å². The van der Waals surface area contributed by atoms with Gasteiger partial charge in [-0.3, -0.25) is 4.90 Å². The third-order valence-corrected chi connectivity index (χ3v) is 3.86. The summed E-state index contributed by atoms with van der Waals surface area (Å²) in [7, 11) is 0. The Morgan fingerprint density at radius 3 is 2.44 bits per heavy atom. The molecule has 18 heavy (non-hydrogen) atoms. The Balaban J connectivity index is 2.53. The van der Waals surface area contributed by atoms with Crippen molar-refractivity contribution >= 4 is 27.5 Å². The van der Waals surface area contributed by atoms with Crippen LogP contribution in [0.15, 0.2) is 10.8 Å². The Hall–Kier alpha value is -0.390. The van der Waals surface area contributed by atoms with E-state index in [2.05, 4.69) is 58.5 Å². The van der Waals surface area contributed by atoms with Crippen molar-refractivity contribution in [3.8, 4) is 5.88 Å². The Morgan fingerprint density at radius 2 is 1.89 bits per heavy atom. The second kappa shape index (κ2) is 7.26. The van der Waals surface area contributed by atoms with Gasteiger partial charge >= 0.3 is 0 Å². The van der Waals surface area contributed by atoms with Crippen LogP contribution < -0.4 is 4.74 Å². The molecule has 0 unspecified atom stereocenters. The average molecular weight is 337 g/mol. The van der Waals surface area contributed by atoms with Gasteiger partial charge in [0.15, 0.2) is 5.15 Å². The first-order valence-corrected chi connectivity index (χ1v) is 7.15. The van der Waals surface area contributed by atoms with Crippen LogP contribution in [0, 0.1) is 0 Å². The summed E-state index contributed by atoms with van der Waals surface area (Å²) in [6.45, 7) is 10.1. The smallest absolute Gasteiger partial charge is 0.232 e. The van der Waals surface area contributed by atoms with E-state index in [0.717, 1.165) is 6.54 Å². The Bertz CT molecular complexity index is 380. The fourth-order valence-electron chi connectivity index (χ4n) is 1.79. The van der Waals surface area contributed by atoms with E-state index in [1.165, 1.54) is 6.33 Å². The molecule has 0 amide bonds. The fraction of sp³-hybridized carbons (Fsp3) is 0.667. The van der Waals surface area contributed by atoms with Crippen molar-refractivity contribution in [3.63, 3.8) is 0 Å². The predicted molar refractivity (Wildman–Crippen MR) is 77.2 cm³/mol. The van der Waals surface area contributed by atoms with Gasteiger partial charge in [-0.05, 0) is 43.6 Å². The molecule has 1 heterocycles. The van der Waals surface area contributed by atoms with Crippen LogP contribution in [0.5, 0.6) is 5.88 Å². The van der Waals surface area contributed by atoms with Gasteiger partial charge in [0.1, 0.15) is 17.4 Å². The summed E-state index contributed by atoms with van der Waals surface area (Å²) in [5, 5.41) is 0.365. The van der Waals surface area contributed by atoms with E-state index in [9.17, 15) is 0 Å². The molecule has 0 saturated carbocycles. The van der Waals surface area contributed by atoms with Gasteiger partial charge in [-0.2, -0.15) is 0 Å². The quantitative estimate of drug-likeness (QED) is 0.746. The molecule has 0 aromatic carbocycles. The summed E-state index contributed by atoms with van der Waals surface area (Å²) in [6.07, 6.45) is 1.39. The van der Waals surface area contributed by atoms with Gasteiger partial charge in [-0.15, -0.1) is 0 Å². The van der Waals surface area contributed by atoms with Gasteiger partial charge in [0.05, 0.1) is 0 Å². The molecule has 1 aromatic rings. The normalized spacial score (nSPS) is 11.6. The lowest BCUT2D eigenvalue weighted by atomic mass is 10.2. The van der Waals surface area contributed by atoms with Crippen molar-refractivity contribution in [2.45, 2.75) is 39.8 Å². The second-order valence-electron chi connectivity index (χ2n) is 4.56. The van der Waals surface area contributed by atoms with E-state index in [1.807, 2.05) is 0 Å². The van der Waals surface area contributed by atoms with E-state index in [1.54, 1.807) is 0 Å². The molecule has 102 valence electrons. The maximum Gasteiger partial charge on any atom is 0.232 e. The summed E-state index contributed by atoms with van der Waals surface area (Å²) in [5.74, 6) is 0.488. The van der Waals surface area contributed by atoms with Crippen molar-refractivity contribution in [2.75, 3.05) is 13.2 Å². The Labute approximate surface area is 122 Å². The van der Waals surface area contributed by atoms with E-state index < -0.39 is 0 Å². The van der Waals surface area contributed by atoms with Gasteiger partial charge in [-0.1, -0.05) is 11.6 Å². The maximum atomic E-state index is 5.87. The topological polar surface area (TPSA) is 38.2 Å². The molecule has 0 spiro atoms. The molecule has 0 fully saturated rings. The Morgan fingerprint density at radius 1 is 1.28 bits per heavy atom. The highest BCUT2D eigenvalue weighted by Crippen LogP contribution is 2.27. The van der Waals surface area contributed by atoms with Crippen molar-refractivity contribution < 1.29 is 4.74 Å². The zero-order valence-corrected chi connectivity index (χ0v) is 13.5. The lowest BCUT2D eigenvalue weighted by molar-refractivity contribution is 0.139. The van der Waals surface area contributed by atoms with Crippen LogP contribution in [0.4, 0.5) is 0 Å². The number of rotatable bonds is 6. The first kappa shape index (κ1) is 15.7. The highest BCUT2D eigenvalue weighted by Gasteiger charge is 2.14. The molecule has 6 heteroatoms. The molecule has 0 bridgehead atoms. The third-order valence-electron chi connectivity index (χ3n) is 2.63. The molecule has 4 nitrogen and oxygen atoms in total. The van der Waals surface area contributed by atoms with Crippen LogP contribution in [0.1, 0.15) is 27.7 Å². The summed E-state index contributed by atoms with van der Waals surface area (Å²) >= 11 is 9.18. The SMILES string of the molecule is CC(C)N(CCOc1ncnc(Cl)c1Br)C(C)C. The van der Waals surface area contributed by atoms with E-state index in [4.69, 9.17) is 16.3 Å². The largest absolute Gasteiger partial charge is 0.475 e. The zero-order chi connectivity index (χ0) is 13.7. The molecular weight excluding hydrogens is 318 g/mol. The van der Waals surface area contributed by atoms with Crippen molar-refractivity contribution in [3.05, 3.63) is 16.0 Å². The summed E-state index contributed by atoms with van der Waals surface area (Å²) in [6, 6.07) is 0.983. The van der Waals surface area contributed by atoms with Crippen molar-refractivity contribution in [1.29, 1.82) is 0 Å². The summed E-state index contributed by atoms with van der Waals surface area (Å²) < 4.78 is 6.23. The third kappa shape index (κ3) is 4.37. The number of hydrogen-bond acceptors (Lipinski definition) is 4. The van der Waals surface area contributed by atoms with Crippen LogP contribution in [0.3, 0.4) is 0 Å². The fourth-order valence-corrected chi connectivity index (χ4v) is 2.24. The Kier molecular flexibility index (Phi) is 6.32. The number of nitrogens with zero attached hydrogens (tertiary/aromatic N) is 3. The maximum absolute atomic E-state index is 5.87. The molecule has 0 saturated heterocycles. The highest BCUT2D eigenvalue weighted by molar-refractivity contribution is 9.10. The molecule has 0 aliphatic heterocycles. The lowest BCUT2D eigenvalue weighted by Crippen LogP contribution is -2.39. The predicted octanol–water partition coefficient (Wildman–Crippen LogP) is 3.39. The first-order chi connectivity index (χ1) is 8.43. The van der Waals surface area contributed by atoms with Gasteiger partial charge in [0.25, 0.3) is 0 Å². The van der Waals surface area contributed by atoms with Gasteiger partial charge < -0.3 is 4.74 Å². The lowest BCUT2D eigenvalue weighted by Gasteiger charge is -2.30. The molecule has 0 atom stereocenters. The molecule has 0 aliphatic carbocycles. The minimum absolute atomic E-state index is 0.365. The van der Waals surface area contributed by atoms with Crippen LogP contribution >= 0.6 is 27.5 Å². The number of halogens is 2. The molecule has 0 N–H and O–H groups in total. The highest BCUT2D eigenvalue weighted by atomic mass is 79.9. The molecule has 0 radical (unpaired) electrons. The molecule has 1 rings (SSSR count). The molecule has 0 aliphatic rings. The number of hydrogen-bond donors (Lipinski definition) is 0. The van der Waals surface area contributed by atoms with Crippen LogP contribution in [0.2, 0.25) is 5.15 Å². The van der Waals surface area contributed by atoms with Crippen LogP contribution in [-0.2, 0) is 0 Å². The molecule has 1 aromatic heterocycles. The van der Waals surface area contributed by atoms with Crippen molar-refractivity contribution in [2.24, 2.45) is 0 Å². The molecular formula is C12H19BrClN3O.